The summed E-state index contributed by atoms with van der Waals surface area (Å²) < 4.78 is 26.7. The van der Waals surface area contributed by atoms with Gasteiger partial charge in [-0.2, -0.15) is 5.10 Å². The van der Waals surface area contributed by atoms with Crippen LogP contribution in [-0.2, 0) is 16.6 Å². The molecule has 0 fully saturated rings. The summed E-state index contributed by atoms with van der Waals surface area (Å²) in [5.74, 6) is 0. The Hall–Kier alpha value is -1.41. The average molecular weight is 331 g/mol. The van der Waals surface area contributed by atoms with E-state index in [0.717, 1.165) is 5.56 Å². The zero-order valence-electron chi connectivity index (χ0n) is 9.32. The largest absolute Gasteiger partial charge is 0.283 e. The van der Waals surface area contributed by atoms with Crippen LogP contribution >= 0.6 is 15.9 Å². The van der Waals surface area contributed by atoms with E-state index in [4.69, 9.17) is 0 Å². The van der Waals surface area contributed by atoms with E-state index in [2.05, 4.69) is 30.7 Å². The Kier molecular flexibility index (Phi) is 3.97. The number of rotatable bonds is 5. The molecule has 0 unspecified atom stereocenters. The standard InChI is InChI=1S/C10H11BrN4O2S/c11-6-18(16,17)14-10-3-1-9(2-4-10)5-15-8-12-7-13-15/h1-4,7-8,14H,5-6H2. The van der Waals surface area contributed by atoms with Gasteiger partial charge in [0.25, 0.3) is 0 Å². The van der Waals surface area contributed by atoms with Gasteiger partial charge < -0.3 is 0 Å². The van der Waals surface area contributed by atoms with Crippen LogP contribution in [-0.4, -0.2) is 27.8 Å². The quantitative estimate of drug-likeness (QED) is 0.841. The van der Waals surface area contributed by atoms with Crippen molar-refractivity contribution in [2.24, 2.45) is 0 Å². The Balaban J connectivity index is 2.06. The Labute approximate surface area is 113 Å². The fourth-order valence-electron chi connectivity index (χ4n) is 1.39. The molecule has 96 valence electrons. The lowest BCUT2D eigenvalue weighted by Crippen LogP contribution is -2.13. The van der Waals surface area contributed by atoms with Gasteiger partial charge in [0, 0.05) is 5.69 Å². The van der Waals surface area contributed by atoms with E-state index in [9.17, 15) is 8.42 Å². The molecule has 0 atom stereocenters. The molecular weight excluding hydrogens is 320 g/mol. The summed E-state index contributed by atoms with van der Waals surface area (Å²) >= 11 is 2.91. The molecule has 0 aliphatic rings. The van der Waals surface area contributed by atoms with Gasteiger partial charge in [-0.1, -0.05) is 28.1 Å². The van der Waals surface area contributed by atoms with Gasteiger partial charge in [-0.25, -0.2) is 18.1 Å². The van der Waals surface area contributed by atoms with Gasteiger partial charge in [0.2, 0.25) is 10.0 Å². The van der Waals surface area contributed by atoms with Crippen molar-refractivity contribution in [1.29, 1.82) is 0 Å². The molecule has 2 rings (SSSR count). The van der Waals surface area contributed by atoms with Crippen molar-refractivity contribution in [2.45, 2.75) is 6.54 Å². The summed E-state index contributed by atoms with van der Waals surface area (Å²) in [6.07, 6.45) is 3.10. The molecule has 0 spiro atoms. The molecule has 0 saturated heterocycles. The van der Waals surface area contributed by atoms with E-state index in [0.29, 0.717) is 12.2 Å². The second-order valence-corrected chi connectivity index (χ2v) is 6.64. The molecule has 0 aliphatic heterocycles. The third kappa shape index (κ3) is 3.54. The molecule has 0 saturated carbocycles. The first kappa shape index (κ1) is 13.0. The number of sulfonamides is 1. The minimum absolute atomic E-state index is 0.124. The Morgan fingerprint density at radius 1 is 1.28 bits per heavy atom. The van der Waals surface area contributed by atoms with Gasteiger partial charge in [-0.15, -0.1) is 0 Å². The predicted molar refractivity (Wildman–Crippen MR) is 71.9 cm³/mol. The van der Waals surface area contributed by atoms with Crippen molar-refractivity contribution in [1.82, 2.24) is 14.8 Å². The maximum absolute atomic E-state index is 11.3. The number of nitrogens with one attached hydrogen (secondary N) is 1. The number of benzene rings is 1. The van der Waals surface area contributed by atoms with E-state index >= 15 is 0 Å². The van der Waals surface area contributed by atoms with Crippen LogP contribution in [0.15, 0.2) is 36.9 Å². The van der Waals surface area contributed by atoms with E-state index in [1.165, 1.54) is 6.33 Å². The number of alkyl halides is 1. The summed E-state index contributed by atoms with van der Waals surface area (Å²) in [5, 5.41) is 3.99. The molecule has 0 bridgehead atoms. The SMILES string of the molecule is O=S(=O)(CBr)Nc1ccc(Cn2cncn2)cc1. The molecule has 1 heterocycles. The first-order chi connectivity index (χ1) is 8.59. The summed E-state index contributed by atoms with van der Waals surface area (Å²) in [6.45, 7) is 0.603. The minimum atomic E-state index is -3.30. The van der Waals surface area contributed by atoms with E-state index < -0.39 is 10.0 Å². The lowest BCUT2D eigenvalue weighted by molar-refractivity contribution is 0.606. The van der Waals surface area contributed by atoms with Gasteiger partial charge in [0.1, 0.15) is 17.3 Å². The van der Waals surface area contributed by atoms with Crippen molar-refractivity contribution < 1.29 is 8.42 Å². The molecule has 8 heteroatoms. The first-order valence-corrected chi connectivity index (χ1v) is 7.84. The van der Waals surface area contributed by atoms with Crippen LogP contribution in [0, 0.1) is 0 Å². The zero-order valence-corrected chi connectivity index (χ0v) is 11.7. The molecular formula is C10H11BrN4O2S. The van der Waals surface area contributed by atoms with Crippen molar-refractivity contribution in [3.05, 3.63) is 42.5 Å². The molecule has 0 radical (unpaired) electrons. The van der Waals surface area contributed by atoms with Crippen LogP contribution in [0.5, 0.6) is 0 Å². The highest BCUT2D eigenvalue weighted by molar-refractivity contribution is 9.10. The third-order valence-electron chi connectivity index (χ3n) is 2.18. The molecule has 18 heavy (non-hydrogen) atoms. The van der Waals surface area contributed by atoms with Gasteiger partial charge in [-0.3, -0.25) is 4.72 Å². The highest BCUT2D eigenvalue weighted by Gasteiger charge is 2.07. The van der Waals surface area contributed by atoms with Crippen LogP contribution in [0.1, 0.15) is 5.56 Å². The summed E-state index contributed by atoms with van der Waals surface area (Å²) in [7, 11) is -3.30. The minimum Gasteiger partial charge on any atom is -0.283 e. The summed E-state index contributed by atoms with van der Waals surface area (Å²) in [5.41, 5.74) is 1.55. The van der Waals surface area contributed by atoms with Gasteiger partial charge in [0.15, 0.2) is 0 Å². The van der Waals surface area contributed by atoms with Gasteiger partial charge in [0.05, 0.1) is 6.54 Å². The number of halogens is 1. The Bertz CT molecular complexity index is 595. The monoisotopic (exact) mass is 330 g/mol. The second kappa shape index (κ2) is 5.49. The number of hydrogen-bond acceptors (Lipinski definition) is 4. The van der Waals surface area contributed by atoms with Crippen LogP contribution in [0.4, 0.5) is 5.69 Å². The number of aromatic nitrogens is 3. The number of nitrogens with zero attached hydrogens (tertiary/aromatic N) is 3. The molecule has 1 N–H and O–H groups in total. The fourth-order valence-corrected chi connectivity index (χ4v) is 2.28. The zero-order chi connectivity index (χ0) is 13.0. The van der Waals surface area contributed by atoms with Crippen molar-refractivity contribution in [2.75, 3.05) is 9.38 Å². The first-order valence-electron chi connectivity index (χ1n) is 5.07. The van der Waals surface area contributed by atoms with Gasteiger partial charge in [-0.05, 0) is 17.7 Å². The molecule has 2 aromatic rings. The molecule has 1 aromatic heterocycles. The smallest absolute Gasteiger partial charge is 0.242 e. The Morgan fingerprint density at radius 3 is 2.56 bits per heavy atom. The second-order valence-electron chi connectivity index (χ2n) is 3.62. The maximum atomic E-state index is 11.3. The van der Waals surface area contributed by atoms with E-state index in [-0.39, 0.29) is 4.66 Å². The lowest BCUT2D eigenvalue weighted by atomic mass is 10.2. The van der Waals surface area contributed by atoms with Crippen LogP contribution in [0.2, 0.25) is 0 Å². The topological polar surface area (TPSA) is 76.9 Å². The van der Waals surface area contributed by atoms with Crippen molar-refractivity contribution in [3.8, 4) is 0 Å². The van der Waals surface area contributed by atoms with Crippen LogP contribution < -0.4 is 4.72 Å². The summed E-state index contributed by atoms with van der Waals surface area (Å²) in [4.78, 5) is 3.85. The molecule has 6 nitrogen and oxygen atoms in total. The van der Waals surface area contributed by atoms with Crippen molar-refractivity contribution >= 4 is 31.6 Å². The van der Waals surface area contributed by atoms with Gasteiger partial charge >= 0.3 is 0 Å². The number of anilines is 1. The average Bonchev–Trinajstić information content (AvgIpc) is 2.84. The molecule has 0 aliphatic carbocycles. The normalized spacial score (nSPS) is 11.4. The molecule has 0 amide bonds. The predicted octanol–water partition coefficient (Wildman–Crippen LogP) is 1.42. The van der Waals surface area contributed by atoms with E-state index in [1.54, 1.807) is 23.1 Å². The van der Waals surface area contributed by atoms with Crippen LogP contribution in [0.25, 0.3) is 0 Å². The Morgan fingerprint density at radius 2 is 2.00 bits per heavy atom. The third-order valence-corrected chi connectivity index (χ3v) is 4.82. The highest BCUT2D eigenvalue weighted by Crippen LogP contribution is 2.12. The van der Waals surface area contributed by atoms with Crippen LogP contribution in [0.3, 0.4) is 0 Å². The van der Waals surface area contributed by atoms with E-state index in [1.807, 2.05) is 12.1 Å². The number of hydrogen-bond donors (Lipinski definition) is 1. The maximum Gasteiger partial charge on any atom is 0.242 e. The lowest BCUT2D eigenvalue weighted by Gasteiger charge is -2.06. The summed E-state index contributed by atoms with van der Waals surface area (Å²) in [6, 6.07) is 7.11. The highest BCUT2D eigenvalue weighted by atomic mass is 79.9. The van der Waals surface area contributed by atoms with Crippen molar-refractivity contribution in [3.63, 3.8) is 0 Å². The fraction of sp³-hybridized carbons (Fsp3) is 0.200. The molecule has 1 aromatic carbocycles.